The van der Waals surface area contributed by atoms with Gasteiger partial charge >= 0.3 is 0 Å². The van der Waals surface area contributed by atoms with E-state index in [1.165, 1.54) is 42.1 Å². The van der Waals surface area contributed by atoms with E-state index in [-0.39, 0.29) is 16.9 Å². The Kier molecular flexibility index (Phi) is 6.90. The number of hydrogen-bond acceptors (Lipinski definition) is 6. The van der Waals surface area contributed by atoms with Crippen molar-refractivity contribution in [2.75, 3.05) is 6.61 Å². The maximum absolute atomic E-state index is 14.8. The summed E-state index contributed by atoms with van der Waals surface area (Å²) in [6, 6.07) is 8.16. The van der Waals surface area contributed by atoms with E-state index in [0.717, 1.165) is 24.3 Å². The first-order valence-electron chi connectivity index (χ1n) is 10.9. The summed E-state index contributed by atoms with van der Waals surface area (Å²) in [7, 11) is 1.63. The second kappa shape index (κ2) is 9.93. The summed E-state index contributed by atoms with van der Waals surface area (Å²) in [5.41, 5.74) is -1.53. The number of nitrogens with one attached hydrogen (secondary N) is 1. The highest BCUT2D eigenvalue weighted by Gasteiger charge is 2.35. The first-order valence-corrected chi connectivity index (χ1v) is 10.9. The van der Waals surface area contributed by atoms with Crippen LogP contribution in [0.4, 0.5) is 17.6 Å². The van der Waals surface area contributed by atoms with Gasteiger partial charge in [-0.1, -0.05) is 17.3 Å². The number of aryl methyl sites for hydroxylation is 1. The molecule has 192 valence electrons. The molecule has 0 bridgehead atoms. The fourth-order valence-corrected chi connectivity index (χ4v) is 3.69. The molecular formula is C24H20F4N6O3. The number of alkyl halides is 2. The summed E-state index contributed by atoms with van der Waals surface area (Å²) in [6.07, 6.45) is 1.45. The number of aliphatic hydroxyl groups excluding tert-OH is 1. The van der Waals surface area contributed by atoms with E-state index in [1.807, 2.05) is 0 Å². The molecule has 1 amide bonds. The Bertz CT molecular complexity index is 1540. The molecule has 0 fully saturated rings. The lowest BCUT2D eigenvalue weighted by atomic mass is 10.0. The van der Waals surface area contributed by atoms with Crippen LogP contribution in [0.15, 0.2) is 59.5 Å². The van der Waals surface area contributed by atoms with Crippen LogP contribution in [0.5, 0.6) is 0 Å². The van der Waals surface area contributed by atoms with Crippen LogP contribution in [0, 0.1) is 11.6 Å². The molecule has 0 saturated heterocycles. The molecule has 1 atom stereocenters. The van der Waals surface area contributed by atoms with Crippen LogP contribution in [0.3, 0.4) is 0 Å². The van der Waals surface area contributed by atoms with E-state index < -0.39 is 47.2 Å². The number of hydrogen-bond donors (Lipinski definition) is 2. The third-order valence-electron chi connectivity index (χ3n) is 5.65. The average molecular weight is 516 g/mol. The fourth-order valence-electron chi connectivity index (χ4n) is 3.69. The van der Waals surface area contributed by atoms with Gasteiger partial charge in [0.2, 0.25) is 0 Å². The van der Waals surface area contributed by atoms with Crippen molar-refractivity contribution in [3.05, 3.63) is 93.5 Å². The smallest absolute Gasteiger partial charge is 0.298 e. The first kappa shape index (κ1) is 25.7. The summed E-state index contributed by atoms with van der Waals surface area (Å²) in [6.45, 7) is -0.229. The molecule has 2 aromatic carbocycles. The van der Waals surface area contributed by atoms with Crippen LogP contribution in [0.25, 0.3) is 16.9 Å². The molecule has 2 aromatic heterocycles. The number of amides is 1. The predicted molar refractivity (Wildman–Crippen MR) is 123 cm³/mol. The van der Waals surface area contributed by atoms with E-state index in [4.69, 9.17) is 5.11 Å². The monoisotopic (exact) mass is 516 g/mol. The van der Waals surface area contributed by atoms with Gasteiger partial charge in [0.25, 0.3) is 17.4 Å². The molecular weight excluding hydrogens is 496 g/mol. The predicted octanol–water partition coefficient (Wildman–Crippen LogP) is 2.88. The summed E-state index contributed by atoms with van der Waals surface area (Å²) in [5, 5.41) is 22.8. The zero-order valence-electron chi connectivity index (χ0n) is 19.5. The normalized spacial score (nSPS) is 12.4. The van der Waals surface area contributed by atoms with E-state index in [1.54, 1.807) is 7.05 Å². The van der Waals surface area contributed by atoms with Crippen molar-refractivity contribution >= 4 is 5.91 Å². The second-order valence-electron chi connectivity index (χ2n) is 8.14. The van der Waals surface area contributed by atoms with Gasteiger partial charge in [0.15, 0.2) is 0 Å². The SMILES string of the molecule is C[C@@H](NC(=O)c1ccc(=O)n(-c2cc(-c3cnnn3C)ccc2F)n1)c1cccc(C(F)(F)CO)c1F. The zero-order valence-corrected chi connectivity index (χ0v) is 19.5. The summed E-state index contributed by atoms with van der Waals surface area (Å²) in [5.74, 6) is -6.75. The van der Waals surface area contributed by atoms with Crippen LogP contribution < -0.4 is 10.9 Å². The zero-order chi connectivity index (χ0) is 26.9. The number of aliphatic hydroxyl groups is 1. The lowest BCUT2D eigenvalue weighted by molar-refractivity contribution is -0.0584. The summed E-state index contributed by atoms with van der Waals surface area (Å²) in [4.78, 5) is 25.3. The second-order valence-corrected chi connectivity index (χ2v) is 8.14. The van der Waals surface area contributed by atoms with Gasteiger partial charge in [0.05, 0.1) is 23.5 Å². The van der Waals surface area contributed by atoms with Crippen LogP contribution in [-0.2, 0) is 13.0 Å². The highest BCUT2D eigenvalue weighted by molar-refractivity contribution is 5.92. The van der Waals surface area contributed by atoms with Crippen molar-refractivity contribution in [2.45, 2.75) is 18.9 Å². The van der Waals surface area contributed by atoms with Crippen LogP contribution in [0.1, 0.15) is 34.6 Å². The molecule has 2 N–H and O–H groups in total. The van der Waals surface area contributed by atoms with Gasteiger partial charge in [-0.2, -0.15) is 18.6 Å². The number of carbonyl (C=O) groups excluding carboxylic acids is 1. The Hall–Kier alpha value is -4.39. The minimum Gasteiger partial charge on any atom is -0.390 e. The van der Waals surface area contributed by atoms with E-state index in [9.17, 15) is 27.2 Å². The Balaban J connectivity index is 1.65. The van der Waals surface area contributed by atoms with Crippen molar-refractivity contribution in [3.8, 4) is 16.9 Å². The van der Waals surface area contributed by atoms with Crippen molar-refractivity contribution in [3.63, 3.8) is 0 Å². The van der Waals surface area contributed by atoms with Crippen LogP contribution in [-0.4, -0.2) is 42.4 Å². The molecule has 0 unspecified atom stereocenters. The molecule has 13 heteroatoms. The highest BCUT2D eigenvalue weighted by Crippen LogP contribution is 2.32. The highest BCUT2D eigenvalue weighted by atomic mass is 19.3. The molecule has 37 heavy (non-hydrogen) atoms. The maximum Gasteiger partial charge on any atom is 0.298 e. The Morgan fingerprint density at radius 2 is 1.92 bits per heavy atom. The van der Waals surface area contributed by atoms with Gasteiger partial charge in [-0.3, -0.25) is 9.59 Å². The molecule has 0 aliphatic carbocycles. The molecule has 4 aromatic rings. The molecule has 9 nitrogen and oxygen atoms in total. The number of benzene rings is 2. The number of nitrogens with zero attached hydrogens (tertiary/aromatic N) is 5. The minimum atomic E-state index is -3.81. The van der Waals surface area contributed by atoms with Crippen molar-refractivity contribution in [1.82, 2.24) is 30.1 Å². The third-order valence-corrected chi connectivity index (χ3v) is 5.65. The lowest BCUT2D eigenvalue weighted by Gasteiger charge is -2.20. The third kappa shape index (κ3) is 4.98. The van der Waals surface area contributed by atoms with Crippen molar-refractivity contribution in [1.29, 1.82) is 0 Å². The molecule has 4 rings (SSSR count). The van der Waals surface area contributed by atoms with Gasteiger partial charge < -0.3 is 10.4 Å². The standard InChI is InChI=1S/C24H20F4N6O3/c1-13(15-4-3-5-16(22(15)26)24(27,28)12-35)30-23(37)18-8-9-21(36)34(31-18)19-10-14(6-7-17(19)25)20-11-29-32-33(20)2/h3-11,13,35H,12H2,1-2H3,(H,30,37)/t13-/m1/s1. The molecule has 0 spiro atoms. The van der Waals surface area contributed by atoms with Crippen LogP contribution in [0.2, 0.25) is 0 Å². The Morgan fingerprint density at radius 3 is 2.59 bits per heavy atom. The lowest BCUT2D eigenvalue weighted by Crippen LogP contribution is -2.31. The molecule has 0 aliphatic rings. The summed E-state index contributed by atoms with van der Waals surface area (Å²) < 4.78 is 59.4. The molecule has 0 aliphatic heterocycles. The largest absolute Gasteiger partial charge is 0.390 e. The van der Waals surface area contributed by atoms with Gasteiger partial charge in [-0.05, 0) is 37.3 Å². The quantitative estimate of drug-likeness (QED) is 0.365. The molecule has 2 heterocycles. The van der Waals surface area contributed by atoms with E-state index in [0.29, 0.717) is 15.9 Å². The van der Waals surface area contributed by atoms with Gasteiger partial charge in [0, 0.05) is 24.2 Å². The first-order chi connectivity index (χ1) is 17.5. The van der Waals surface area contributed by atoms with Crippen LogP contribution >= 0.6 is 0 Å². The van der Waals surface area contributed by atoms with E-state index in [2.05, 4.69) is 20.7 Å². The topological polar surface area (TPSA) is 115 Å². The number of halogens is 4. The van der Waals surface area contributed by atoms with Gasteiger partial charge in [-0.25, -0.2) is 13.5 Å². The van der Waals surface area contributed by atoms with Crippen molar-refractivity contribution in [2.24, 2.45) is 7.05 Å². The molecule has 0 radical (unpaired) electrons. The van der Waals surface area contributed by atoms with Gasteiger partial charge in [0.1, 0.15) is 29.6 Å². The molecule has 0 saturated carbocycles. The number of rotatable bonds is 7. The Morgan fingerprint density at radius 1 is 1.16 bits per heavy atom. The number of aromatic nitrogens is 5. The maximum atomic E-state index is 14.8. The fraction of sp³-hybridized carbons (Fsp3) is 0.208. The van der Waals surface area contributed by atoms with Crippen molar-refractivity contribution < 1.29 is 27.5 Å². The summed E-state index contributed by atoms with van der Waals surface area (Å²) >= 11 is 0. The van der Waals surface area contributed by atoms with E-state index >= 15 is 0 Å². The Labute approximate surface area is 207 Å². The minimum absolute atomic E-state index is 0.239. The number of carbonyl (C=O) groups is 1. The van der Waals surface area contributed by atoms with Gasteiger partial charge in [-0.15, -0.1) is 5.10 Å². The average Bonchev–Trinajstić information content (AvgIpc) is 3.30.